The van der Waals surface area contributed by atoms with E-state index in [0.29, 0.717) is 0 Å². The van der Waals surface area contributed by atoms with Gasteiger partial charge in [-0.05, 0) is 49.4 Å². The summed E-state index contributed by atoms with van der Waals surface area (Å²) in [5.74, 6) is 0.243. The van der Waals surface area contributed by atoms with E-state index in [0.717, 1.165) is 35.1 Å². The number of nitrogens with zero attached hydrogens (tertiary/aromatic N) is 2. The van der Waals surface area contributed by atoms with E-state index in [-0.39, 0.29) is 5.75 Å². The first-order valence-corrected chi connectivity index (χ1v) is 7.48. The van der Waals surface area contributed by atoms with Crippen LogP contribution in [-0.4, -0.2) is 20.3 Å². The third-order valence-corrected chi connectivity index (χ3v) is 4.29. The Bertz CT molecular complexity index is 807. The third kappa shape index (κ3) is 2.07. The first-order chi connectivity index (χ1) is 10.3. The predicted molar refractivity (Wildman–Crippen MR) is 82.2 cm³/mol. The van der Waals surface area contributed by atoms with Gasteiger partial charge < -0.3 is 10.1 Å². The third-order valence-electron chi connectivity index (χ3n) is 4.29. The predicted octanol–water partition coefficient (Wildman–Crippen LogP) is 3.60. The van der Waals surface area contributed by atoms with Crippen LogP contribution in [0.4, 0.5) is 0 Å². The minimum atomic E-state index is 0.243. The number of para-hydroxylation sites is 1. The zero-order chi connectivity index (χ0) is 14.2. The molecule has 2 aromatic heterocycles. The molecule has 0 fully saturated rings. The fourth-order valence-corrected chi connectivity index (χ4v) is 3.20. The topological polar surface area (TPSA) is 61.8 Å². The van der Waals surface area contributed by atoms with Gasteiger partial charge in [0.2, 0.25) is 0 Å². The minimum Gasteiger partial charge on any atom is -0.507 e. The monoisotopic (exact) mass is 279 g/mol. The number of nitrogens with one attached hydrogen (secondary N) is 1. The number of phenolic OH excluding ortho intramolecular Hbond substituents is 1. The highest BCUT2D eigenvalue weighted by molar-refractivity contribution is 5.85. The Morgan fingerprint density at radius 2 is 1.86 bits per heavy atom. The second-order valence-electron chi connectivity index (χ2n) is 5.65. The van der Waals surface area contributed by atoms with Crippen molar-refractivity contribution in [3.05, 3.63) is 41.6 Å². The maximum absolute atomic E-state index is 9.99. The van der Waals surface area contributed by atoms with E-state index in [4.69, 9.17) is 0 Å². The van der Waals surface area contributed by atoms with Crippen molar-refractivity contribution in [2.75, 3.05) is 0 Å². The summed E-state index contributed by atoms with van der Waals surface area (Å²) >= 11 is 0. The summed E-state index contributed by atoms with van der Waals surface area (Å²) in [7, 11) is 0. The average molecular weight is 279 g/mol. The smallest absolute Gasteiger partial charge is 0.160 e. The molecule has 0 radical (unpaired) electrons. The summed E-state index contributed by atoms with van der Waals surface area (Å²) in [5.41, 5.74) is 5.02. The molecule has 0 aliphatic heterocycles. The van der Waals surface area contributed by atoms with Crippen molar-refractivity contribution in [3.8, 4) is 17.0 Å². The Labute approximate surface area is 122 Å². The van der Waals surface area contributed by atoms with Crippen LogP contribution in [0.3, 0.4) is 0 Å². The van der Waals surface area contributed by atoms with E-state index in [1.54, 1.807) is 6.07 Å². The first kappa shape index (κ1) is 12.4. The molecule has 3 aromatic rings. The lowest BCUT2D eigenvalue weighted by Gasteiger charge is -2.03. The summed E-state index contributed by atoms with van der Waals surface area (Å²) in [4.78, 5) is 3.41. The zero-order valence-electron chi connectivity index (χ0n) is 11.8. The Hall–Kier alpha value is -2.36. The molecule has 4 rings (SSSR count). The van der Waals surface area contributed by atoms with Gasteiger partial charge >= 0.3 is 0 Å². The van der Waals surface area contributed by atoms with Crippen LogP contribution in [0, 0.1) is 0 Å². The van der Waals surface area contributed by atoms with Crippen LogP contribution in [0.25, 0.3) is 22.3 Å². The number of aromatic hydroxyl groups is 1. The highest BCUT2D eigenvalue weighted by atomic mass is 16.3. The summed E-state index contributed by atoms with van der Waals surface area (Å²) in [6.07, 6.45) is 5.95. The second kappa shape index (κ2) is 4.88. The molecular formula is C17H17N3O. The minimum absolute atomic E-state index is 0.243. The van der Waals surface area contributed by atoms with Gasteiger partial charge in [-0.2, -0.15) is 0 Å². The lowest BCUT2D eigenvalue weighted by Crippen LogP contribution is -1.90. The SMILES string of the molecule is Oc1ccccc1-c1cc2c3c([nH]c2nn1)CCCCC3. The molecule has 2 heterocycles. The van der Waals surface area contributed by atoms with Crippen LogP contribution in [0.2, 0.25) is 0 Å². The summed E-state index contributed by atoms with van der Waals surface area (Å²) in [6.45, 7) is 0. The van der Waals surface area contributed by atoms with Gasteiger partial charge in [0.1, 0.15) is 5.75 Å². The molecule has 1 aliphatic rings. The maximum Gasteiger partial charge on any atom is 0.160 e. The van der Waals surface area contributed by atoms with Crippen molar-refractivity contribution in [1.82, 2.24) is 15.2 Å². The molecule has 0 amide bonds. The maximum atomic E-state index is 9.99. The average Bonchev–Trinajstić information content (AvgIpc) is 2.68. The fourth-order valence-electron chi connectivity index (χ4n) is 3.20. The summed E-state index contributed by atoms with van der Waals surface area (Å²) < 4.78 is 0. The van der Waals surface area contributed by atoms with Gasteiger partial charge in [-0.25, -0.2) is 0 Å². The highest BCUT2D eigenvalue weighted by Gasteiger charge is 2.16. The molecule has 21 heavy (non-hydrogen) atoms. The highest BCUT2D eigenvalue weighted by Crippen LogP contribution is 2.32. The molecule has 0 bridgehead atoms. The van der Waals surface area contributed by atoms with E-state index in [9.17, 15) is 5.11 Å². The van der Waals surface area contributed by atoms with Crippen molar-refractivity contribution >= 4 is 11.0 Å². The molecule has 2 N–H and O–H groups in total. The van der Waals surface area contributed by atoms with Gasteiger partial charge in [0.05, 0.1) is 5.69 Å². The van der Waals surface area contributed by atoms with Gasteiger partial charge in [0.25, 0.3) is 0 Å². The Morgan fingerprint density at radius 1 is 1.00 bits per heavy atom. The second-order valence-corrected chi connectivity index (χ2v) is 5.65. The number of aromatic nitrogens is 3. The van der Waals surface area contributed by atoms with Crippen molar-refractivity contribution in [3.63, 3.8) is 0 Å². The van der Waals surface area contributed by atoms with Crippen molar-refractivity contribution in [2.24, 2.45) is 0 Å². The first-order valence-electron chi connectivity index (χ1n) is 7.48. The number of phenols is 1. The lowest BCUT2D eigenvalue weighted by molar-refractivity contribution is 0.477. The Balaban J connectivity index is 1.90. The largest absolute Gasteiger partial charge is 0.507 e. The zero-order valence-corrected chi connectivity index (χ0v) is 11.8. The van der Waals surface area contributed by atoms with E-state index in [1.165, 1.54) is 30.5 Å². The number of benzene rings is 1. The number of aromatic amines is 1. The summed E-state index contributed by atoms with van der Waals surface area (Å²) in [6, 6.07) is 9.32. The van der Waals surface area contributed by atoms with E-state index < -0.39 is 0 Å². The summed E-state index contributed by atoms with van der Waals surface area (Å²) in [5, 5.41) is 19.7. The van der Waals surface area contributed by atoms with Gasteiger partial charge in [-0.1, -0.05) is 18.6 Å². The molecule has 0 spiro atoms. The molecule has 0 atom stereocenters. The van der Waals surface area contributed by atoms with Gasteiger partial charge in [-0.3, -0.25) is 0 Å². The molecule has 1 aromatic carbocycles. The van der Waals surface area contributed by atoms with Crippen molar-refractivity contribution in [1.29, 1.82) is 0 Å². The van der Waals surface area contributed by atoms with Crippen LogP contribution in [0.5, 0.6) is 5.75 Å². The number of H-pyrrole nitrogens is 1. The van der Waals surface area contributed by atoms with E-state index in [1.807, 2.05) is 18.2 Å². The van der Waals surface area contributed by atoms with Crippen LogP contribution in [0.15, 0.2) is 30.3 Å². The molecule has 0 saturated carbocycles. The van der Waals surface area contributed by atoms with E-state index in [2.05, 4.69) is 21.2 Å². The normalized spacial score (nSPS) is 14.9. The quantitative estimate of drug-likeness (QED) is 0.669. The fraction of sp³-hybridized carbons (Fsp3) is 0.294. The van der Waals surface area contributed by atoms with Gasteiger partial charge in [-0.15, -0.1) is 10.2 Å². The molecular weight excluding hydrogens is 262 g/mol. The van der Waals surface area contributed by atoms with Gasteiger partial charge in [0.15, 0.2) is 5.65 Å². The molecule has 0 saturated heterocycles. The van der Waals surface area contributed by atoms with E-state index >= 15 is 0 Å². The number of aryl methyl sites for hydroxylation is 2. The standard InChI is InChI=1S/C17H17N3O/c21-16-9-5-4-7-12(16)15-10-13-11-6-2-1-3-8-14(11)18-17(13)20-19-15/h4-5,7,9-10,21H,1-3,6,8H2,(H,18,20). The number of rotatable bonds is 1. The number of fused-ring (bicyclic) bond motifs is 3. The number of hydrogen-bond donors (Lipinski definition) is 2. The lowest BCUT2D eigenvalue weighted by atomic mass is 10.1. The van der Waals surface area contributed by atoms with Crippen LogP contribution in [0.1, 0.15) is 30.5 Å². The van der Waals surface area contributed by atoms with Crippen LogP contribution in [-0.2, 0) is 12.8 Å². The van der Waals surface area contributed by atoms with Crippen LogP contribution < -0.4 is 0 Å². The molecule has 0 unspecified atom stereocenters. The molecule has 4 heteroatoms. The molecule has 106 valence electrons. The van der Waals surface area contributed by atoms with Crippen LogP contribution >= 0.6 is 0 Å². The van der Waals surface area contributed by atoms with Gasteiger partial charge in [0, 0.05) is 16.6 Å². The Morgan fingerprint density at radius 3 is 2.76 bits per heavy atom. The number of hydrogen-bond acceptors (Lipinski definition) is 3. The Kier molecular flexibility index (Phi) is 2.88. The van der Waals surface area contributed by atoms with Crippen molar-refractivity contribution in [2.45, 2.75) is 32.1 Å². The molecule has 1 aliphatic carbocycles. The molecule has 4 nitrogen and oxygen atoms in total. The van der Waals surface area contributed by atoms with Crippen molar-refractivity contribution < 1.29 is 5.11 Å².